The molecule has 0 atom stereocenters. The molecule has 2 heterocycles. The van der Waals surface area contributed by atoms with Crippen LogP contribution in [-0.2, 0) is 0 Å². The minimum Gasteiger partial charge on any atom is -0.457 e. The summed E-state index contributed by atoms with van der Waals surface area (Å²) in [6.07, 6.45) is 12.2. The van der Waals surface area contributed by atoms with Crippen molar-refractivity contribution in [2.75, 3.05) is 11.1 Å². The highest BCUT2D eigenvalue weighted by Gasteiger charge is 2.06. The summed E-state index contributed by atoms with van der Waals surface area (Å²) in [6.45, 7) is 10.4. The van der Waals surface area contributed by atoms with Gasteiger partial charge in [0.1, 0.15) is 11.0 Å². The molecule has 7 rings (SSSR count). The molecule has 1 aliphatic rings. The van der Waals surface area contributed by atoms with Crippen LogP contribution in [0.25, 0.3) is 29.2 Å². The van der Waals surface area contributed by atoms with Gasteiger partial charge in [-0.05, 0) is 58.7 Å². The van der Waals surface area contributed by atoms with Crippen molar-refractivity contribution in [1.29, 1.82) is 0 Å². The Hall–Kier alpha value is -6.06. The summed E-state index contributed by atoms with van der Waals surface area (Å²) in [7, 11) is 0. The Bertz CT molecular complexity index is 2070. The lowest BCUT2D eigenvalue weighted by molar-refractivity contribution is 0.577. The molecule has 0 saturated carbocycles. The van der Waals surface area contributed by atoms with Crippen LogP contribution in [0.2, 0.25) is 0 Å². The third-order valence-corrected chi connectivity index (χ3v) is 7.79. The number of furan rings is 1. The number of nitrogen functional groups attached to an aromatic ring is 1. The summed E-state index contributed by atoms with van der Waals surface area (Å²) in [5, 5.41) is 5.39. The van der Waals surface area contributed by atoms with Gasteiger partial charge in [-0.15, -0.1) is 0 Å². The number of hydrogen-bond donors (Lipinski definition) is 2. The summed E-state index contributed by atoms with van der Waals surface area (Å²) in [6, 6.07) is 46.8. The summed E-state index contributed by atoms with van der Waals surface area (Å²) in [4.78, 5) is 0. The van der Waals surface area contributed by atoms with E-state index in [9.17, 15) is 0 Å². The maximum absolute atomic E-state index is 5.71. The molecule has 0 saturated heterocycles. The second-order valence-electron chi connectivity index (χ2n) is 11.1. The van der Waals surface area contributed by atoms with Gasteiger partial charge in [-0.2, -0.15) is 0 Å². The minimum atomic E-state index is 0.484. The van der Waals surface area contributed by atoms with E-state index in [-0.39, 0.29) is 0 Å². The lowest BCUT2D eigenvalue weighted by Crippen LogP contribution is -2.17. The molecule has 232 valence electrons. The first-order valence-corrected chi connectivity index (χ1v) is 15.7. The molecule has 3 N–H and O–H groups in total. The van der Waals surface area contributed by atoms with Crippen molar-refractivity contribution in [2.45, 2.75) is 12.8 Å². The molecule has 0 aliphatic carbocycles. The van der Waals surface area contributed by atoms with Gasteiger partial charge in [0, 0.05) is 39.7 Å². The number of hydrogen-bond acceptors (Lipinski definition) is 3. The van der Waals surface area contributed by atoms with E-state index in [1.807, 2.05) is 97.2 Å². The average Bonchev–Trinajstić information content (AvgIpc) is 3.43. The van der Waals surface area contributed by atoms with Crippen LogP contribution in [0.15, 0.2) is 187 Å². The van der Waals surface area contributed by atoms with Crippen LogP contribution >= 0.6 is 0 Å². The van der Waals surface area contributed by atoms with Crippen LogP contribution in [0.4, 0.5) is 11.4 Å². The fourth-order valence-electron chi connectivity index (χ4n) is 5.23. The lowest BCUT2D eigenvalue weighted by atomic mass is 9.93. The fourth-order valence-corrected chi connectivity index (χ4v) is 5.23. The summed E-state index contributed by atoms with van der Waals surface area (Å²) >= 11 is 0. The topological polar surface area (TPSA) is 51.2 Å². The van der Waals surface area contributed by atoms with Crippen LogP contribution in [0.5, 0.6) is 0 Å². The van der Waals surface area contributed by atoms with E-state index in [0.717, 1.165) is 44.3 Å². The molecule has 3 nitrogen and oxygen atoms in total. The van der Waals surface area contributed by atoms with Crippen molar-refractivity contribution in [1.82, 2.24) is 0 Å². The second kappa shape index (κ2) is 16.3. The smallest absolute Gasteiger partial charge is 0.135 e. The highest BCUT2D eigenvalue weighted by molar-refractivity contribution is 5.83. The number of nitrogens with two attached hydrogens (primary N) is 1. The number of fused-ring (bicyclic) bond motifs is 2. The summed E-state index contributed by atoms with van der Waals surface area (Å²) < 4.78 is 5.71. The summed E-state index contributed by atoms with van der Waals surface area (Å²) in [5.74, 6) is 0.484. The van der Waals surface area contributed by atoms with E-state index in [1.165, 1.54) is 11.1 Å². The average molecular weight is 613 g/mol. The number of rotatable bonds is 4. The molecule has 0 unspecified atom stereocenters. The van der Waals surface area contributed by atoms with Gasteiger partial charge in [0.2, 0.25) is 0 Å². The number of para-hydroxylation sites is 3. The zero-order valence-electron chi connectivity index (χ0n) is 26.7. The number of benzene rings is 5. The van der Waals surface area contributed by atoms with E-state index in [0.29, 0.717) is 11.3 Å². The normalized spacial score (nSPS) is 14.4. The SMILES string of the molecule is C=C1/C=C(/C=C/C=c2\c(=C)oc3ccccc23)\C=C/Nc2ccccc21.CC(c1ccccc1)c1ccccc1.Nc1ccccc1. The van der Waals surface area contributed by atoms with Gasteiger partial charge in [0.25, 0.3) is 0 Å². The van der Waals surface area contributed by atoms with Gasteiger partial charge in [0.05, 0.1) is 0 Å². The highest BCUT2D eigenvalue weighted by Crippen LogP contribution is 2.27. The van der Waals surface area contributed by atoms with Crippen LogP contribution in [0, 0.1) is 0 Å². The number of anilines is 2. The van der Waals surface area contributed by atoms with Gasteiger partial charge in [-0.1, -0.05) is 154 Å². The zero-order chi connectivity index (χ0) is 32.8. The predicted molar refractivity (Wildman–Crippen MR) is 202 cm³/mol. The van der Waals surface area contributed by atoms with Crippen LogP contribution in [0.3, 0.4) is 0 Å². The quantitative estimate of drug-likeness (QED) is 0.195. The van der Waals surface area contributed by atoms with Crippen LogP contribution in [-0.4, -0.2) is 0 Å². The lowest BCUT2D eigenvalue weighted by Gasteiger charge is -2.12. The third kappa shape index (κ3) is 9.00. The molecule has 0 fully saturated rings. The molecule has 0 radical (unpaired) electrons. The van der Waals surface area contributed by atoms with Crippen molar-refractivity contribution in [2.24, 2.45) is 0 Å². The standard InChI is InChI=1S/C24H19NO.C14H14.C6H7N/c1-17-16-19(14-15-25-23-12-5-3-9-20(17)23)8-7-11-21-18(2)26-24-13-6-4-10-22(21)24;1-12(13-8-4-2-5-9-13)14-10-6-3-7-11-14;7-6-4-2-1-3-5-6/h3-16,25H,1-2H2;2-12H,1H3;1-5H,7H2/b8-7+,15-14-,19-16-,21-11+;;. The van der Waals surface area contributed by atoms with Crippen molar-refractivity contribution in [3.8, 4) is 0 Å². The molecule has 0 bridgehead atoms. The van der Waals surface area contributed by atoms with Crippen LogP contribution in [0.1, 0.15) is 29.5 Å². The fraction of sp³-hybridized carbons (Fsp3) is 0.0455. The molecule has 0 amide bonds. The first kappa shape index (κ1) is 32.3. The van der Waals surface area contributed by atoms with E-state index in [2.05, 4.69) is 104 Å². The molecule has 1 aromatic heterocycles. The van der Waals surface area contributed by atoms with E-state index in [4.69, 9.17) is 10.2 Å². The van der Waals surface area contributed by atoms with Crippen LogP contribution < -0.4 is 21.7 Å². The Morgan fingerprint density at radius 2 is 1.28 bits per heavy atom. The van der Waals surface area contributed by atoms with E-state index in [1.54, 1.807) is 0 Å². The third-order valence-electron chi connectivity index (χ3n) is 7.79. The Morgan fingerprint density at radius 1 is 0.702 bits per heavy atom. The minimum absolute atomic E-state index is 0.484. The molecule has 5 aromatic carbocycles. The number of nitrogens with one attached hydrogen (secondary N) is 1. The maximum atomic E-state index is 5.71. The molecule has 47 heavy (non-hydrogen) atoms. The highest BCUT2D eigenvalue weighted by atomic mass is 16.3. The Labute approximate surface area is 277 Å². The first-order chi connectivity index (χ1) is 23.0. The van der Waals surface area contributed by atoms with Crippen molar-refractivity contribution < 1.29 is 4.42 Å². The van der Waals surface area contributed by atoms with Gasteiger partial charge >= 0.3 is 0 Å². The first-order valence-electron chi connectivity index (χ1n) is 15.7. The van der Waals surface area contributed by atoms with Crippen molar-refractivity contribution in [3.63, 3.8) is 0 Å². The largest absolute Gasteiger partial charge is 0.457 e. The predicted octanol–water partition coefficient (Wildman–Crippen LogP) is 9.87. The van der Waals surface area contributed by atoms with Gasteiger partial charge < -0.3 is 15.5 Å². The number of allylic oxidation sites excluding steroid dienone is 6. The molecular formula is C44H40N2O. The van der Waals surface area contributed by atoms with Crippen molar-refractivity contribution in [3.05, 3.63) is 210 Å². The van der Waals surface area contributed by atoms with E-state index >= 15 is 0 Å². The molecule has 1 aliphatic heterocycles. The molecule has 0 spiro atoms. The molecule has 3 heteroatoms. The monoisotopic (exact) mass is 612 g/mol. The Morgan fingerprint density at radius 3 is 1.91 bits per heavy atom. The Kier molecular flexibility index (Phi) is 11.2. The van der Waals surface area contributed by atoms with Gasteiger partial charge in [-0.25, -0.2) is 0 Å². The van der Waals surface area contributed by atoms with E-state index < -0.39 is 0 Å². The van der Waals surface area contributed by atoms with Crippen molar-refractivity contribution >= 4 is 40.6 Å². The summed E-state index contributed by atoms with van der Waals surface area (Å²) in [5.41, 5.74) is 14.7. The second-order valence-corrected chi connectivity index (χ2v) is 11.1. The van der Waals surface area contributed by atoms with Gasteiger partial charge in [0.15, 0.2) is 0 Å². The molecular weight excluding hydrogens is 572 g/mol. The van der Waals surface area contributed by atoms with Gasteiger partial charge in [-0.3, -0.25) is 0 Å². The maximum Gasteiger partial charge on any atom is 0.135 e. The molecule has 6 aromatic rings. The zero-order valence-corrected chi connectivity index (χ0v) is 26.7. The Balaban J connectivity index is 0.000000171.